The smallest absolute Gasteiger partial charge is 0.251 e. The summed E-state index contributed by atoms with van der Waals surface area (Å²) >= 11 is 5.22. The molecule has 0 spiro atoms. The zero-order chi connectivity index (χ0) is 19.3. The summed E-state index contributed by atoms with van der Waals surface area (Å²) in [6.45, 7) is 2.01. The number of hydrogen-bond acceptors (Lipinski definition) is 5. The molecule has 1 aromatic heterocycles. The molecular formula is C22H17BrN2O2S. The minimum Gasteiger partial charge on any atom is -0.461 e. The molecule has 140 valence electrons. The highest BCUT2D eigenvalue weighted by molar-refractivity contribution is 9.10. The minimum atomic E-state index is -0.765. The van der Waals surface area contributed by atoms with Gasteiger partial charge in [0, 0.05) is 22.0 Å². The highest BCUT2D eigenvalue weighted by Crippen LogP contribution is 2.44. The van der Waals surface area contributed by atoms with Crippen LogP contribution in [0.1, 0.15) is 38.8 Å². The average Bonchev–Trinajstić information content (AvgIpc) is 3.37. The number of aryl methyl sites for hydroxylation is 1. The summed E-state index contributed by atoms with van der Waals surface area (Å²) in [4.78, 5) is 14.4. The molecule has 0 fully saturated rings. The summed E-state index contributed by atoms with van der Waals surface area (Å²) in [6, 6.07) is 17.6. The Morgan fingerprint density at radius 1 is 1.21 bits per heavy atom. The van der Waals surface area contributed by atoms with Crippen LogP contribution in [0.15, 0.2) is 69.6 Å². The maximum Gasteiger partial charge on any atom is 0.251 e. The molecule has 0 bridgehead atoms. The fourth-order valence-electron chi connectivity index (χ4n) is 3.68. The summed E-state index contributed by atoms with van der Waals surface area (Å²) in [5.74, 6) is 0.673. The molecule has 4 nitrogen and oxygen atoms in total. The van der Waals surface area contributed by atoms with E-state index in [1.54, 1.807) is 11.3 Å². The predicted octanol–water partition coefficient (Wildman–Crippen LogP) is 5.57. The zero-order valence-electron chi connectivity index (χ0n) is 15.1. The van der Waals surface area contributed by atoms with E-state index in [-0.39, 0.29) is 11.8 Å². The van der Waals surface area contributed by atoms with Gasteiger partial charge in [0.05, 0.1) is 16.6 Å². The third-order valence-electron chi connectivity index (χ3n) is 5.12. The van der Waals surface area contributed by atoms with Gasteiger partial charge in [-0.05, 0) is 36.6 Å². The fraction of sp³-hybridized carbons (Fsp3) is 0.182. The molecule has 6 heteroatoms. The zero-order valence-corrected chi connectivity index (χ0v) is 17.5. The van der Waals surface area contributed by atoms with Crippen LogP contribution in [0, 0.1) is 6.92 Å². The van der Waals surface area contributed by atoms with Gasteiger partial charge in [-0.3, -0.25) is 4.79 Å². The predicted molar refractivity (Wildman–Crippen MR) is 114 cm³/mol. The number of carbonyl (C=O) groups excluding carboxylic acids is 1. The van der Waals surface area contributed by atoms with Gasteiger partial charge in [-0.15, -0.1) is 11.3 Å². The van der Waals surface area contributed by atoms with Crippen molar-refractivity contribution < 1.29 is 9.53 Å². The highest BCUT2D eigenvalue weighted by Gasteiger charge is 2.43. The lowest BCUT2D eigenvalue weighted by atomic mass is 9.97. The highest BCUT2D eigenvalue weighted by atomic mass is 79.9. The number of benzene rings is 2. The number of ketones is 1. The second-order valence-electron chi connectivity index (χ2n) is 7.01. The van der Waals surface area contributed by atoms with Gasteiger partial charge < -0.3 is 4.74 Å². The Kier molecular flexibility index (Phi) is 4.33. The monoisotopic (exact) mass is 452 g/mol. The number of rotatable bonds is 3. The van der Waals surface area contributed by atoms with E-state index in [9.17, 15) is 4.79 Å². The Labute approximate surface area is 175 Å². The lowest BCUT2D eigenvalue weighted by Gasteiger charge is -2.37. The van der Waals surface area contributed by atoms with E-state index >= 15 is 0 Å². The summed E-state index contributed by atoms with van der Waals surface area (Å²) in [5, 5.41) is 8.71. The summed E-state index contributed by atoms with van der Waals surface area (Å²) < 4.78 is 7.15. The maximum absolute atomic E-state index is 13.3. The van der Waals surface area contributed by atoms with Crippen molar-refractivity contribution in [3.8, 4) is 5.75 Å². The number of Topliss-reactive ketones (excluding diaryl/α,β-unsaturated/α-hetero) is 1. The van der Waals surface area contributed by atoms with E-state index in [1.807, 2.05) is 59.8 Å². The first kappa shape index (κ1) is 17.6. The number of thiophene rings is 1. The van der Waals surface area contributed by atoms with Gasteiger partial charge >= 0.3 is 0 Å². The van der Waals surface area contributed by atoms with E-state index in [0.717, 1.165) is 38.4 Å². The number of halogens is 1. The Balaban J connectivity index is 1.57. The van der Waals surface area contributed by atoms with Crippen LogP contribution in [0.5, 0.6) is 5.75 Å². The molecule has 0 radical (unpaired) electrons. The number of ether oxygens (including phenoxy) is 1. The molecule has 2 aliphatic heterocycles. The summed E-state index contributed by atoms with van der Waals surface area (Å²) in [5.41, 5.74) is 3.80. The van der Waals surface area contributed by atoms with Gasteiger partial charge in [0.15, 0.2) is 0 Å². The second kappa shape index (κ2) is 6.87. The molecule has 0 aliphatic carbocycles. The molecular weight excluding hydrogens is 436 g/mol. The Hall–Kier alpha value is -2.44. The molecule has 0 N–H and O–H groups in total. The van der Waals surface area contributed by atoms with Crippen LogP contribution < -0.4 is 4.74 Å². The van der Waals surface area contributed by atoms with Gasteiger partial charge in [-0.25, -0.2) is 5.01 Å². The molecule has 0 amide bonds. The van der Waals surface area contributed by atoms with Crippen LogP contribution in [-0.2, 0) is 0 Å². The molecule has 3 heterocycles. The van der Waals surface area contributed by atoms with Crippen LogP contribution in [0.25, 0.3) is 0 Å². The fourth-order valence-corrected chi connectivity index (χ4v) is 4.78. The molecule has 5 rings (SSSR count). The maximum atomic E-state index is 13.3. The van der Waals surface area contributed by atoms with Crippen molar-refractivity contribution in [2.75, 3.05) is 0 Å². The molecule has 0 saturated heterocycles. The van der Waals surface area contributed by atoms with Crippen LogP contribution in [0.2, 0.25) is 0 Å². The SMILES string of the molecule is Cc1ccc(C(=O)[C@@H]2Oc3ccc(Br)cc3[C@@H]3CC(c4cccs4)=NN23)cc1. The van der Waals surface area contributed by atoms with E-state index in [1.165, 1.54) is 0 Å². The van der Waals surface area contributed by atoms with Crippen molar-refractivity contribution in [2.24, 2.45) is 5.10 Å². The number of carbonyl (C=O) groups is 1. The van der Waals surface area contributed by atoms with Crippen LogP contribution in [0.4, 0.5) is 0 Å². The third kappa shape index (κ3) is 2.97. The van der Waals surface area contributed by atoms with E-state index < -0.39 is 6.23 Å². The topological polar surface area (TPSA) is 41.9 Å². The number of fused-ring (bicyclic) bond motifs is 3. The van der Waals surface area contributed by atoms with Crippen molar-refractivity contribution in [3.05, 3.63) is 86.0 Å². The third-order valence-corrected chi connectivity index (χ3v) is 6.53. The van der Waals surface area contributed by atoms with Gasteiger partial charge in [0.1, 0.15) is 5.75 Å². The first-order valence-electron chi connectivity index (χ1n) is 9.07. The van der Waals surface area contributed by atoms with Gasteiger partial charge in [0.25, 0.3) is 6.23 Å². The van der Waals surface area contributed by atoms with Gasteiger partial charge in [-0.2, -0.15) is 5.10 Å². The summed E-state index contributed by atoms with van der Waals surface area (Å²) in [6.07, 6.45) is -0.00999. The number of hydrazone groups is 1. The molecule has 0 saturated carbocycles. The van der Waals surface area contributed by atoms with Crippen molar-refractivity contribution in [3.63, 3.8) is 0 Å². The molecule has 2 atom stereocenters. The minimum absolute atomic E-state index is 0.0160. The Bertz CT molecular complexity index is 1080. The average molecular weight is 453 g/mol. The standard InChI is InChI=1S/C22H17BrN2O2S/c1-13-4-6-14(7-5-13)21(26)22-25-18(12-17(24-25)20-3-2-10-28-20)16-11-15(23)8-9-19(16)27-22/h2-11,18,22H,12H2,1H3/t18-,22-/m0/s1. The number of hydrogen-bond donors (Lipinski definition) is 0. The van der Waals surface area contributed by atoms with Gasteiger partial charge in [0.2, 0.25) is 5.78 Å². The Morgan fingerprint density at radius 2 is 2.04 bits per heavy atom. The van der Waals surface area contributed by atoms with Crippen molar-refractivity contribution in [1.82, 2.24) is 5.01 Å². The van der Waals surface area contributed by atoms with Crippen molar-refractivity contribution in [1.29, 1.82) is 0 Å². The quantitative estimate of drug-likeness (QED) is 0.487. The summed E-state index contributed by atoms with van der Waals surface area (Å²) in [7, 11) is 0. The Morgan fingerprint density at radius 3 is 2.79 bits per heavy atom. The lowest BCUT2D eigenvalue weighted by Crippen LogP contribution is -2.45. The normalized spacial score (nSPS) is 20.2. The first-order valence-corrected chi connectivity index (χ1v) is 10.7. The van der Waals surface area contributed by atoms with Crippen LogP contribution >= 0.6 is 27.3 Å². The number of nitrogens with zero attached hydrogens (tertiary/aromatic N) is 2. The van der Waals surface area contributed by atoms with E-state index in [0.29, 0.717) is 5.56 Å². The lowest BCUT2D eigenvalue weighted by molar-refractivity contribution is -0.00459. The van der Waals surface area contributed by atoms with E-state index in [4.69, 9.17) is 9.84 Å². The van der Waals surface area contributed by atoms with Crippen molar-refractivity contribution >= 4 is 38.8 Å². The van der Waals surface area contributed by atoms with Gasteiger partial charge in [-0.1, -0.05) is 51.8 Å². The molecule has 2 aliphatic rings. The molecule has 3 aromatic rings. The second-order valence-corrected chi connectivity index (χ2v) is 8.87. The van der Waals surface area contributed by atoms with Crippen LogP contribution in [0.3, 0.4) is 0 Å². The molecule has 28 heavy (non-hydrogen) atoms. The van der Waals surface area contributed by atoms with Crippen LogP contribution in [-0.4, -0.2) is 22.7 Å². The van der Waals surface area contributed by atoms with Crippen molar-refractivity contribution in [2.45, 2.75) is 25.6 Å². The molecule has 2 aromatic carbocycles. The van der Waals surface area contributed by atoms with E-state index in [2.05, 4.69) is 28.1 Å². The first-order chi connectivity index (χ1) is 13.6. The largest absolute Gasteiger partial charge is 0.461 e. The molecule has 0 unspecified atom stereocenters.